The van der Waals surface area contributed by atoms with Crippen LogP contribution in [0.4, 0.5) is 0 Å². The number of carbonyl (C=O) groups is 1. The Labute approximate surface area is 135 Å². The predicted molar refractivity (Wildman–Crippen MR) is 91.8 cm³/mol. The smallest absolute Gasteiger partial charge is 0.220 e. The lowest BCUT2D eigenvalue weighted by Gasteiger charge is -2.21. The highest BCUT2D eigenvalue weighted by atomic mass is 35.5. The van der Waals surface area contributed by atoms with Crippen molar-refractivity contribution in [3.05, 3.63) is 35.4 Å². The van der Waals surface area contributed by atoms with Crippen LogP contribution in [-0.2, 0) is 10.2 Å². The molecule has 2 atom stereocenters. The molecular formula is C17H29ClN2O. The Morgan fingerprint density at radius 2 is 1.71 bits per heavy atom. The van der Waals surface area contributed by atoms with Gasteiger partial charge in [-0.25, -0.2) is 0 Å². The van der Waals surface area contributed by atoms with Gasteiger partial charge in [0, 0.05) is 12.5 Å². The first-order chi connectivity index (χ1) is 9.20. The summed E-state index contributed by atoms with van der Waals surface area (Å²) >= 11 is 0. The van der Waals surface area contributed by atoms with Crippen molar-refractivity contribution in [2.45, 2.75) is 65.0 Å². The number of hydrogen-bond acceptors (Lipinski definition) is 2. The van der Waals surface area contributed by atoms with E-state index in [1.807, 2.05) is 13.8 Å². The van der Waals surface area contributed by atoms with Crippen molar-refractivity contribution in [2.24, 2.45) is 5.73 Å². The van der Waals surface area contributed by atoms with Crippen LogP contribution in [0.5, 0.6) is 0 Å². The fraction of sp³-hybridized carbons (Fsp3) is 0.588. The zero-order valence-corrected chi connectivity index (χ0v) is 14.6. The summed E-state index contributed by atoms with van der Waals surface area (Å²) in [7, 11) is 0. The SMILES string of the molecule is CC(N)CCC(=O)NC(C)c1ccc(C(C)(C)C)cc1.Cl. The quantitative estimate of drug-likeness (QED) is 0.870. The summed E-state index contributed by atoms with van der Waals surface area (Å²) in [5, 5.41) is 3.02. The van der Waals surface area contributed by atoms with Gasteiger partial charge in [-0.2, -0.15) is 0 Å². The topological polar surface area (TPSA) is 55.1 Å². The van der Waals surface area contributed by atoms with E-state index in [9.17, 15) is 4.79 Å². The number of nitrogens with one attached hydrogen (secondary N) is 1. The van der Waals surface area contributed by atoms with Gasteiger partial charge >= 0.3 is 0 Å². The zero-order chi connectivity index (χ0) is 15.3. The molecule has 0 aliphatic heterocycles. The zero-order valence-electron chi connectivity index (χ0n) is 13.8. The average Bonchev–Trinajstić information content (AvgIpc) is 2.35. The summed E-state index contributed by atoms with van der Waals surface area (Å²) in [6.07, 6.45) is 1.21. The molecule has 0 saturated carbocycles. The molecule has 0 radical (unpaired) electrons. The molecule has 1 aromatic rings. The lowest BCUT2D eigenvalue weighted by molar-refractivity contribution is -0.121. The van der Waals surface area contributed by atoms with Crippen molar-refractivity contribution in [1.29, 1.82) is 0 Å². The van der Waals surface area contributed by atoms with Gasteiger partial charge in [-0.1, -0.05) is 45.0 Å². The van der Waals surface area contributed by atoms with E-state index in [1.54, 1.807) is 0 Å². The summed E-state index contributed by atoms with van der Waals surface area (Å²) in [5.41, 5.74) is 8.25. The van der Waals surface area contributed by atoms with Gasteiger partial charge in [0.05, 0.1) is 6.04 Å². The number of rotatable bonds is 5. The summed E-state index contributed by atoms with van der Waals surface area (Å²) in [6, 6.07) is 8.57. The molecule has 0 fully saturated rings. The maximum absolute atomic E-state index is 11.8. The highest BCUT2D eigenvalue weighted by Crippen LogP contribution is 2.23. The Morgan fingerprint density at radius 3 is 2.14 bits per heavy atom. The molecule has 1 amide bonds. The largest absolute Gasteiger partial charge is 0.350 e. The van der Waals surface area contributed by atoms with Gasteiger partial charge in [0.15, 0.2) is 0 Å². The summed E-state index contributed by atoms with van der Waals surface area (Å²) in [6.45, 7) is 10.5. The molecule has 0 heterocycles. The van der Waals surface area contributed by atoms with Crippen LogP contribution in [0, 0.1) is 0 Å². The molecule has 0 spiro atoms. The highest BCUT2D eigenvalue weighted by Gasteiger charge is 2.15. The number of hydrogen-bond donors (Lipinski definition) is 2. The van der Waals surface area contributed by atoms with Gasteiger partial charge in [0.2, 0.25) is 5.91 Å². The van der Waals surface area contributed by atoms with Crippen LogP contribution in [0.15, 0.2) is 24.3 Å². The molecule has 120 valence electrons. The Morgan fingerprint density at radius 1 is 1.19 bits per heavy atom. The summed E-state index contributed by atoms with van der Waals surface area (Å²) in [4.78, 5) is 11.8. The summed E-state index contributed by atoms with van der Waals surface area (Å²) < 4.78 is 0. The molecule has 0 saturated heterocycles. The third kappa shape index (κ3) is 6.96. The van der Waals surface area contributed by atoms with E-state index in [0.29, 0.717) is 6.42 Å². The van der Waals surface area contributed by atoms with Crippen LogP contribution >= 0.6 is 12.4 Å². The Balaban J connectivity index is 0.00000400. The minimum Gasteiger partial charge on any atom is -0.350 e. The second-order valence-corrected chi connectivity index (χ2v) is 6.68. The number of carbonyl (C=O) groups excluding carboxylic acids is 1. The second kappa shape index (κ2) is 8.40. The van der Waals surface area contributed by atoms with E-state index in [-0.39, 0.29) is 35.8 Å². The monoisotopic (exact) mass is 312 g/mol. The van der Waals surface area contributed by atoms with Crippen molar-refractivity contribution < 1.29 is 4.79 Å². The lowest BCUT2D eigenvalue weighted by atomic mass is 9.86. The maximum atomic E-state index is 11.8. The van der Waals surface area contributed by atoms with Crippen molar-refractivity contribution in [3.63, 3.8) is 0 Å². The van der Waals surface area contributed by atoms with E-state index >= 15 is 0 Å². The van der Waals surface area contributed by atoms with Gasteiger partial charge in [-0.3, -0.25) is 4.79 Å². The van der Waals surface area contributed by atoms with E-state index in [1.165, 1.54) is 5.56 Å². The molecule has 0 aliphatic carbocycles. The summed E-state index contributed by atoms with van der Waals surface area (Å²) in [5.74, 6) is 0.0645. The van der Waals surface area contributed by atoms with E-state index < -0.39 is 0 Å². The first-order valence-corrected chi connectivity index (χ1v) is 7.35. The molecule has 21 heavy (non-hydrogen) atoms. The molecule has 1 aromatic carbocycles. The molecule has 0 bridgehead atoms. The fourth-order valence-corrected chi connectivity index (χ4v) is 2.03. The molecule has 1 rings (SSSR count). The van der Waals surface area contributed by atoms with Crippen molar-refractivity contribution in [2.75, 3.05) is 0 Å². The van der Waals surface area contributed by atoms with Crippen LogP contribution in [0.1, 0.15) is 64.6 Å². The standard InChI is InChI=1S/C17H28N2O.ClH/c1-12(18)6-11-16(20)19-13(2)14-7-9-15(10-8-14)17(3,4)5;/h7-10,12-13H,6,11,18H2,1-5H3,(H,19,20);1H. The Hall–Kier alpha value is -1.06. The van der Waals surface area contributed by atoms with Gasteiger partial charge in [0.25, 0.3) is 0 Å². The van der Waals surface area contributed by atoms with Gasteiger partial charge < -0.3 is 11.1 Å². The molecule has 3 nitrogen and oxygen atoms in total. The molecular weight excluding hydrogens is 284 g/mol. The van der Waals surface area contributed by atoms with Crippen LogP contribution in [-0.4, -0.2) is 11.9 Å². The molecule has 4 heteroatoms. The number of amides is 1. The third-order valence-corrected chi connectivity index (χ3v) is 3.48. The van der Waals surface area contributed by atoms with Crippen LogP contribution in [0.3, 0.4) is 0 Å². The van der Waals surface area contributed by atoms with Crippen LogP contribution < -0.4 is 11.1 Å². The molecule has 0 aromatic heterocycles. The molecule has 0 aliphatic rings. The Bertz CT molecular complexity index is 435. The molecule has 2 unspecified atom stereocenters. The van der Waals surface area contributed by atoms with Crippen molar-refractivity contribution >= 4 is 18.3 Å². The van der Waals surface area contributed by atoms with E-state index in [0.717, 1.165) is 12.0 Å². The van der Waals surface area contributed by atoms with E-state index in [2.05, 4.69) is 50.4 Å². The minimum atomic E-state index is 0. The highest BCUT2D eigenvalue weighted by molar-refractivity contribution is 5.85. The van der Waals surface area contributed by atoms with Crippen LogP contribution in [0.25, 0.3) is 0 Å². The normalized spacial score (nSPS) is 14.0. The van der Waals surface area contributed by atoms with E-state index in [4.69, 9.17) is 5.73 Å². The van der Waals surface area contributed by atoms with Gasteiger partial charge in [-0.15, -0.1) is 12.4 Å². The second-order valence-electron chi connectivity index (χ2n) is 6.68. The molecule has 3 N–H and O–H groups in total. The lowest BCUT2D eigenvalue weighted by Crippen LogP contribution is -2.28. The number of halogens is 1. The maximum Gasteiger partial charge on any atom is 0.220 e. The third-order valence-electron chi connectivity index (χ3n) is 3.48. The number of benzene rings is 1. The minimum absolute atomic E-state index is 0. The van der Waals surface area contributed by atoms with Gasteiger partial charge in [-0.05, 0) is 36.8 Å². The first kappa shape index (κ1) is 19.9. The predicted octanol–water partition coefficient (Wildman–Crippen LogP) is 3.71. The number of nitrogens with two attached hydrogens (primary N) is 1. The average molecular weight is 313 g/mol. The fourth-order valence-electron chi connectivity index (χ4n) is 2.03. The Kier molecular flexibility index (Phi) is 7.98. The van der Waals surface area contributed by atoms with Crippen molar-refractivity contribution in [1.82, 2.24) is 5.32 Å². The first-order valence-electron chi connectivity index (χ1n) is 7.35. The van der Waals surface area contributed by atoms with Gasteiger partial charge in [0.1, 0.15) is 0 Å². The van der Waals surface area contributed by atoms with Crippen LogP contribution in [0.2, 0.25) is 0 Å². The van der Waals surface area contributed by atoms with Crippen molar-refractivity contribution in [3.8, 4) is 0 Å².